The minimum atomic E-state index is -0.154. The van der Waals surface area contributed by atoms with Gasteiger partial charge in [0.15, 0.2) is 0 Å². The fourth-order valence-corrected chi connectivity index (χ4v) is 2.17. The third-order valence-corrected chi connectivity index (χ3v) is 3.05. The van der Waals surface area contributed by atoms with Crippen LogP contribution in [0.1, 0.15) is 18.4 Å². The zero-order valence-electron chi connectivity index (χ0n) is 9.51. The molecule has 0 aliphatic carbocycles. The van der Waals surface area contributed by atoms with Crippen LogP contribution in [0.25, 0.3) is 0 Å². The highest BCUT2D eigenvalue weighted by atomic mass is 19.1. The van der Waals surface area contributed by atoms with Gasteiger partial charge in [0.1, 0.15) is 5.82 Å². The first-order valence-corrected chi connectivity index (χ1v) is 6.00. The lowest BCUT2D eigenvalue weighted by molar-refractivity contribution is 0.360. The highest BCUT2D eigenvalue weighted by Crippen LogP contribution is 2.09. The predicted octanol–water partition coefficient (Wildman–Crippen LogP) is 1.91. The summed E-state index contributed by atoms with van der Waals surface area (Å²) in [6, 6.07) is 6.78. The number of hydrogen-bond donors (Lipinski definition) is 2. The molecule has 1 aromatic rings. The molecule has 16 heavy (non-hydrogen) atoms. The van der Waals surface area contributed by atoms with Gasteiger partial charge in [-0.15, -0.1) is 0 Å². The van der Waals surface area contributed by atoms with Crippen LogP contribution < -0.4 is 10.6 Å². The van der Waals surface area contributed by atoms with E-state index in [9.17, 15) is 4.39 Å². The lowest BCUT2D eigenvalue weighted by atomic mass is 10.00. The van der Waals surface area contributed by atoms with Gasteiger partial charge in [-0.3, -0.25) is 0 Å². The minimum absolute atomic E-state index is 0.154. The van der Waals surface area contributed by atoms with Crippen molar-refractivity contribution in [2.24, 2.45) is 5.92 Å². The topological polar surface area (TPSA) is 24.1 Å². The largest absolute Gasteiger partial charge is 0.316 e. The monoisotopic (exact) mass is 222 g/mol. The molecule has 0 unspecified atom stereocenters. The van der Waals surface area contributed by atoms with Crippen LogP contribution in [0.5, 0.6) is 0 Å². The van der Waals surface area contributed by atoms with Gasteiger partial charge < -0.3 is 10.6 Å². The van der Waals surface area contributed by atoms with Gasteiger partial charge in [-0.1, -0.05) is 12.1 Å². The van der Waals surface area contributed by atoms with Crippen LogP contribution in [0, 0.1) is 11.7 Å². The van der Waals surface area contributed by atoms with Crippen molar-refractivity contribution in [3.63, 3.8) is 0 Å². The highest BCUT2D eigenvalue weighted by molar-refractivity contribution is 5.15. The quantitative estimate of drug-likeness (QED) is 0.813. The van der Waals surface area contributed by atoms with Gasteiger partial charge in [0.2, 0.25) is 0 Å². The second kappa shape index (κ2) is 5.97. The average molecular weight is 222 g/mol. The van der Waals surface area contributed by atoms with Gasteiger partial charge in [-0.25, -0.2) is 4.39 Å². The Morgan fingerprint density at radius 2 is 2.38 bits per heavy atom. The zero-order chi connectivity index (χ0) is 11.2. The normalized spacial score (nSPS) is 20.9. The van der Waals surface area contributed by atoms with Gasteiger partial charge in [-0.05, 0) is 56.1 Å². The van der Waals surface area contributed by atoms with Crippen molar-refractivity contribution in [2.75, 3.05) is 19.6 Å². The Labute approximate surface area is 96.2 Å². The van der Waals surface area contributed by atoms with Crippen LogP contribution in [0.4, 0.5) is 4.39 Å². The van der Waals surface area contributed by atoms with E-state index in [1.54, 1.807) is 12.1 Å². The van der Waals surface area contributed by atoms with Crippen molar-refractivity contribution >= 4 is 0 Å². The molecule has 0 radical (unpaired) electrons. The maximum atomic E-state index is 12.9. The molecule has 0 aromatic heterocycles. The van der Waals surface area contributed by atoms with E-state index >= 15 is 0 Å². The lowest BCUT2D eigenvalue weighted by Crippen LogP contribution is -2.35. The molecule has 1 atom stereocenters. The average Bonchev–Trinajstić information content (AvgIpc) is 2.30. The molecule has 1 heterocycles. The molecular weight excluding hydrogens is 203 g/mol. The molecule has 2 rings (SSSR count). The van der Waals surface area contributed by atoms with E-state index in [0.29, 0.717) is 0 Å². The Morgan fingerprint density at radius 3 is 3.12 bits per heavy atom. The number of benzene rings is 1. The molecule has 1 fully saturated rings. The standard InChI is InChI=1S/C13H19FN2/c14-13-5-1-3-11(7-13)8-16-10-12-4-2-6-15-9-12/h1,3,5,7,12,15-16H,2,4,6,8-10H2/t12-/m1/s1. The van der Waals surface area contributed by atoms with Crippen LogP contribution in [0.15, 0.2) is 24.3 Å². The third-order valence-electron chi connectivity index (χ3n) is 3.05. The smallest absolute Gasteiger partial charge is 0.123 e. The molecule has 1 saturated heterocycles. The third kappa shape index (κ3) is 3.58. The van der Waals surface area contributed by atoms with Crippen molar-refractivity contribution in [1.29, 1.82) is 0 Å². The molecule has 1 aliphatic rings. The van der Waals surface area contributed by atoms with E-state index in [4.69, 9.17) is 0 Å². The maximum Gasteiger partial charge on any atom is 0.123 e. The Morgan fingerprint density at radius 1 is 1.44 bits per heavy atom. The van der Waals surface area contributed by atoms with Gasteiger partial charge in [0.05, 0.1) is 0 Å². The summed E-state index contributed by atoms with van der Waals surface area (Å²) in [6.45, 7) is 4.04. The van der Waals surface area contributed by atoms with Crippen LogP contribution in [-0.4, -0.2) is 19.6 Å². The summed E-state index contributed by atoms with van der Waals surface area (Å²) < 4.78 is 12.9. The van der Waals surface area contributed by atoms with E-state index in [1.165, 1.54) is 18.9 Å². The molecule has 2 N–H and O–H groups in total. The first-order valence-electron chi connectivity index (χ1n) is 6.00. The molecule has 0 spiro atoms. The first kappa shape index (κ1) is 11.6. The lowest BCUT2D eigenvalue weighted by Gasteiger charge is -2.22. The molecule has 3 heteroatoms. The SMILES string of the molecule is Fc1cccc(CNC[C@@H]2CCCNC2)c1. The molecule has 2 nitrogen and oxygen atoms in total. The van der Waals surface area contributed by atoms with Crippen molar-refractivity contribution in [1.82, 2.24) is 10.6 Å². The number of rotatable bonds is 4. The Kier molecular flexibility index (Phi) is 4.31. The molecule has 88 valence electrons. The Hall–Kier alpha value is -0.930. The van der Waals surface area contributed by atoms with E-state index < -0.39 is 0 Å². The van der Waals surface area contributed by atoms with Gasteiger partial charge in [0.25, 0.3) is 0 Å². The Bertz CT molecular complexity index is 321. The summed E-state index contributed by atoms with van der Waals surface area (Å²) in [7, 11) is 0. The molecule has 0 bridgehead atoms. The summed E-state index contributed by atoms with van der Waals surface area (Å²) >= 11 is 0. The summed E-state index contributed by atoms with van der Waals surface area (Å²) in [5.41, 5.74) is 1.02. The summed E-state index contributed by atoms with van der Waals surface area (Å²) in [5, 5.41) is 6.78. The van der Waals surface area contributed by atoms with E-state index in [-0.39, 0.29) is 5.82 Å². The van der Waals surface area contributed by atoms with E-state index in [0.717, 1.165) is 37.7 Å². The van der Waals surface area contributed by atoms with Crippen LogP contribution in [-0.2, 0) is 6.54 Å². The van der Waals surface area contributed by atoms with Gasteiger partial charge in [-0.2, -0.15) is 0 Å². The van der Waals surface area contributed by atoms with Crippen molar-refractivity contribution in [3.8, 4) is 0 Å². The zero-order valence-corrected chi connectivity index (χ0v) is 9.51. The predicted molar refractivity (Wildman–Crippen MR) is 63.7 cm³/mol. The molecule has 1 aliphatic heterocycles. The molecular formula is C13H19FN2. The second-order valence-electron chi connectivity index (χ2n) is 4.47. The molecule has 1 aromatic carbocycles. The molecule has 0 saturated carbocycles. The molecule has 0 amide bonds. The van der Waals surface area contributed by atoms with E-state index in [2.05, 4.69) is 10.6 Å². The van der Waals surface area contributed by atoms with Crippen LogP contribution in [0.3, 0.4) is 0 Å². The van der Waals surface area contributed by atoms with Crippen LogP contribution in [0.2, 0.25) is 0 Å². The number of nitrogens with one attached hydrogen (secondary N) is 2. The number of hydrogen-bond acceptors (Lipinski definition) is 2. The van der Waals surface area contributed by atoms with Crippen molar-refractivity contribution in [2.45, 2.75) is 19.4 Å². The fourth-order valence-electron chi connectivity index (χ4n) is 2.17. The first-order chi connectivity index (χ1) is 7.84. The van der Waals surface area contributed by atoms with Crippen LogP contribution >= 0.6 is 0 Å². The summed E-state index contributed by atoms with van der Waals surface area (Å²) in [5.74, 6) is 0.570. The van der Waals surface area contributed by atoms with Gasteiger partial charge in [0, 0.05) is 6.54 Å². The fraction of sp³-hybridized carbons (Fsp3) is 0.538. The number of piperidine rings is 1. The van der Waals surface area contributed by atoms with E-state index in [1.807, 2.05) is 6.07 Å². The number of halogens is 1. The maximum absolute atomic E-state index is 12.9. The summed E-state index contributed by atoms with van der Waals surface area (Å²) in [4.78, 5) is 0. The Balaban J connectivity index is 1.71. The second-order valence-corrected chi connectivity index (χ2v) is 4.47. The highest BCUT2D eigenvalue weighted by Gasteiger charge is 2.11. The van der Waals surface area contributed by atoms with Crippen molar-refractivity contribution < 1.29 is 4.39 Å². The minimum Gasteiger partial charge on any atom is -0.316 e. The van der Waals surface area contributed by atoms with Gasteiger partial charge >= 0.3 is 0 Å². The van der Waals surface area contributed by atoms with Crippen molar-refractivity contribution in [3.05, 3.63) is 35.6 Å². The summed E-state index contributed by atoms with van der Waals surface area (Å²) in [6.07, 6.45) is 2.56.